The topological polar surface area (TPSA) is 85.3 Å². The average Bonchev–Trinajstić information content (AvgIpc) is 2.61. The lowest BCUT2D eigenvalue weighted by molar-refractivity contribution is 0.322. The lowest BCUT2D eigenvalue weighted by Gasteiger charge is -2.01. The van der Waals surface area contributed by atoms with Gasteiger partial charge in [-0.05, 0) is 16.5 Å². The number of rotatable bonds is 2. The summed E-state index contributed by atoms with van der Waals surface area (Å²) in [6, 6.07) is 6.91. The molecule has 0 amide bonds. The Labute approximate surface area is 90.2 Å². The summed E-state index contributed by atoms with van der Waals surface area (Å²) in [6.45, 7) is 0. The highest BCUT2D eigenvalue weighted by atomic mass is 16.4. The summed E-state index contributed by atoms with van der Waals surface area (Å²) < 4.78 is 2.25. The second-order valence-corrected chi connectivity index (χ2v) is 3.10. The second-order valence-electron chi connectivity index (χ2n) is 3.10. The molecule has 0 saturated carbocycles. The van der Waals surface area contributed by atoms with E-state index >= 15 is 0 Å². The maximum Gasteiger partial charge on any atom is 0.368 e. The van der Waals surface area contributed by atoms with E-state index in [2.05, 4.69) is 15.6 Å². The SMILES string of the molecule is Cn1nnn(-c2ccccc2/C=N/O)c1=O. The van der Waals surface area contributed by atoms with Gasteiger partial charge < -0.3 is 5.21 Å². The first-order valence-corrected chi connectivity index (χ1v) is 4.50. The predicted molar refractivity (Wildman–Crippen MR) is 56.0 cm³/mol. The third kappa shape index (κ3) is 1.58. The standard InChI is InChI=1S/C9H9N5O2/c1-13-9(15)14(12-11-13)8-5-3-2-4-7(8)6-10-16/h2-6,16H,1H3/b10-6+. The smallest absolute Gasteiger partial charge is 0.368 e. The van der Waals surface area contributed by atoms with Crippen LogP contribution in [0.2, 0.25) is 0 Å². The average molecular weight is 219 g/mol. The van der Waals surface area contributed by atoms with Crippen LogP contribution in [0.3, 0.4) is 0 Å². The van der Waals surface area contributed by atoms with Crippen LogP contribution in [-0.2, 0) is 7.05 Å². The molecule has 0 bridgehead atoms. The summed E-state index contributed by atoms with van der Waals surface area (Å²) >= 11 is 0. The molecule has 16 heavy (non-hydrogen) atoms. The summed E-state index contributed by atoms with van der Waals surface area (Å²) in [6.07, 6.45) is 1.23. The van der Waals surface area contributed by atoms with Crippen molar-refractivity contribution in [3.05, 3.63) is 40.3 Å². The highest BCUT2D eigenvalue weighted by molar-refractivity contribution is 5.84. The Morgan fingerprint density at radius 3 is 2.75 bits per heavy atom. The van der Waals surface area contributed by atoms with Crippen molar-refractivity contribution in [3.8, 4) is 5.69 Å². The van der Waals surface area contributed by atoms with Crippen LogP contribution in [0.25, 0.3) is 5.69 Å². The van der Waals surface area contributed by atoms with Gasteiger partial charge in [-0.1, -0.05) is 23.4 Å². The van der Waals surface area contributed by atoms with Crippen molar-refractivity contribution >= 4 is 6.21 Å². The molecule has 0 aliphatic heterocycles. The van der Waals surface area contributed by atoms with Gasteiger partial charge in [0.15, 0.2) is 0 Å². The number of para-hydroxylation sites is 1. The molecule has 1 aromatic heterocycles. The molecule has 7 nitrogen and oxygen atoms in total. The van der Waals surface area contributed by atoms with Crippen molar-refractivity contribution in [2.24, 2.45) is 12.2 Å². The molecule has 1 heterocycles. The quantitative estimate of drug-likeness (QED) is 0.429. The molecular weight excluding hydrogens is 210 g/mol. The highest BCUT2D eigenvalue weighted by Crippen LogP contribution is 2.08. The van der Waals surface area contributed by atoms with Crippen LogP contribution >= 0.6 is 0 Å². The van der Waals surface area contributed by atoms with Gasteiger partial charge in [0.1, 0.15) is 0 Å². The molecule has 2 aromatic rings. The second kappa shape index (κ2) is 3.97. The third-order valence-corrected chi connectivity index (χ3v) is 2.08. The van der Waals surface area contributed by atoms with E-state index in [4.69, 9.17) is 5.21 Å². The zero-order valence-electron chi connectivity index (χ0n) is 8.48. The van der Waals surface area contributed by atoms with Crippen LogP contribution in [0.15, 0.2) is 34.2 Å². The number of aryl methyl sites for hydroxylation is 1. The molecule has 7 heteroatoms. The van der Waals surface area contributed by atoms with Gasteiger partial charge in [-0.25, -0.2) is 4.79 Å². The van der Waals surface area contributed by atoms with E-state index in [1.54, 1.807) is 24.3 Å². The molecule has 2 rings (SSSR count). The molecule has 0 unspecified atom stereocenters. The van der Waals surface area contributed by atoms with Crippen LogP contribution in [0.1, 0.15) is 5.56 Å². The van der Waals surface area contributed by atoms with Gasteiger partial charge >= 0.3 is 5.69 Å². The molecule has 0 atom stereocenters. The Hall–Kier alpha value is -2.44. The van der Waals surface area contributed by atoms with Crippen molar-refractivity contribution in [2.75, 3.05) is 0 Å². The van der Waals surface area contributed by atoms with Crippen LogP contribution in [0, 0.1) is 0 Å². The normalized spacial score (nSPS) is 11.1. The molecule has 0 aliphatic carbocycles. The lowest BCUT2D eigenvalue weighted by Crippen LogP contribution is -2.22. The first-order valence-electron chi connectivity index (χ1n) is 4.50. The maximum atomic E-state index is 11.6. The third-order valence-electron chi connectivity index (χ3n) is 2.08. The Kier molecular flexibility index (Phi) is 2.50. The Morgan fingerprint density at radius 1 is 1.38 bits per heavy atom. The minimum Gasteiger partial charge on any atom is -0.411 e. The molecule has 0 saturated heterocycles. The molecule has 0 fully saturated rings. The summed E-state index contributed by atoms with van der Waals surface area (Å²) in [4.78, 5) is 11.6. The van der Waals surface area contributed by atoms with Gasteiger partial charge in [-0.15, -0.1) is 0 Å². The number of nitrogens with zero attached hydrogens (tertiary/aromatic N) is 5. The first-order chi connectivity index (χ1) is 7.74. The number of aromatic nitrogens is 4. The monoisotopic (exact) mass is 219 g/mol. The fourth-order valence-electron chi connectivity index (χ4n) is 1.32. The fraction of sp³-hybridized carbons (Fsp3) is 0.111. The van der Waals surface area contributed by atoms with Gasteiger partial charge in [0.05, 0.1) is 11.9 Å². The van der Waals surface area contributed by atoms with Crippen molar-refractivity contribution in [3.63, 3.8) is 0 Å². The van der Waals surface area contributed by atoms with E-state index in [1.165, 1.54) is 13.3 Å². The van der Waals surface area contributed by atoms with Crippen molar-refractivity contribution < 1.29 is 5.21 Å². The first kappa shape index (κ1) is 10.1. The van der Waals surface area contributed by atoms with E-state index in [-0.39, 0.29) is 5.69 Å². The van der Waals surface area contributed by atoms with Crippen molar-refractivity contribution in [2.45, 2.75) is 0 Å². The van der Waals surface area contributed by atoms with E-state index in [0.29, 0.717) is 11.3 Å². The molecule has 1 aromatic carbocycles. The Morgan fingerprint density at radius 2 is 2.12 bits per heavy atom. The predicted octanol–water partition coefficient (Wildman–Crippen LogP) is -0.226. The fourth-order valence-corrected chi connectivity index (χ4v) is 1.32. The Bertz CT molecular complexity index is 584. The van der Waals surface area contributed by atoms with E-state index in [1.807, 2.05) is 0 Å². The molecule has 0 aliphatic rings. The van der Waals surface area contributed by atoms with E-state index < -0.39 is 0 Å². The summed E-state index contributed by atoms with van der Waals surface area (Å²) in [5.74, 6) is 0. The van der Waals surface area contributed by atoms with Crippen molar-refractivity contribution in [1.82, 2.24) is 19.8 Å². The van der Waals surface area contributed by atoms with E-state index in [0.717, 1.165) is 9.36 Å². The van der Waals surface area contributed by atoms with Crippen LogP contribution in [0.4, 0.5) is 0 Å². The molecule has 0 spiro atoms. The maximum absolute atomic E-state index is 11.6. The number of hydrogen-bond donors (Lipinski definition) is 1. The van der Waals surface area contributed by atoms with E-state index in [9.17, 15) is 4.79 Å². The summed E-state index contributed by atoms with van der Waals surface area (Å²) in [5.41, 5.74) is 0.727. The zero-order valence-corrected chi connectivity index (χ0v) is 8.48. The van der Waals surface area contributed by atoms with Gasteiger partial charge in [-0.2, -0.15) is 9.36 Å². The molecule has 0 radical (unpaired) electrons. The summed E-state index contributed by atoms with van der Waals surface area (Å²) in [7, 11) is 1.51. The number of benzene rings is 1. The van der Waals surface area contributed by atoms with Gasteiger partial charge in [-0.3, -0.25) is 0 Å². The Balaban J connectivity index is 2.64. The van der Waals surface area contributed by atoms with Gasteiger partial charge in [0.25, 0.3) is 0 Å². The minimum absolute atomic E-state index is 0.362. The number of hydrogen-bond acceptors (Lipinski definition) is 5. The van der Waals surface area contributed by atoms with Crippen molar-refractivity contribution in [1.29, 1.82) is 0 Å². The van der Waals surface area contributed by atoms with Crippen LogP contribution < -0.4 is 5.69 Å². The molecular formula is C9H9N5O2. The lowest BCUT2D eigenvalue weighted by atomic mass is 10.2. The minimum atomic E-state index is -0.362. The van der Waals surface area contributed by atoms with Crippen LogP contribution in [-0.4, -0.2) is 31.2 Å². The zero-order chi connectivity index (χ0) is 11.5. The van der Waals surface area contributed by atoms with Gasteiger partial charge in [0.2, 0.25) is 0 Å². The molecule has 82 valence electrons. The van der Waals surface area contributed by atoms with Gasteiger partial charge in [0, 0.05) is 12.6 Å². The largest absolute Gasteiger partial charge is 0.411 e. The summed E-state index contributed by atoms with van der Waals surface area (Å²) in [5, 5.41) is 18.7. The highest BCUT2D eigenvalue weighted by Gasteiger charge is 2.08. The molecule has 1 N–H and O–H groups in total. The number of oxime groups is 1. The number of tetrazole rings is 1. The van der Waals surface area contributed by atoms with Crippen LogP contribution in [0.5, 0.6) is 0 Å².